The minimum atomic E-state index is -0.0154. The van der Waals surface area contributed by atoms with Gasteiger partial charge >= 0.3 is 0 Å². The summed E-state index contributed by atoms with van der Waals surface area (Å²) in [4.78, 5) is 32.2. The van der Waals surface area contributed by atoms with Gasteiger partial charge in [0.1, 0.15) is 0 Å². The molecule has 3 rings (SSSR count). The van der Waals surface area contributed by atoms with E-state index in [1.807, 2.05) is 14.1 Å². The van der Waals surface area contributed by atoms with Crippen LogP contribution < -0.4 is 5.32 Å². The second kappa shape index (κ2) is 9.87. The van der Waals surface area contributed by atoms with Crippen molar-refractivity contribution < 1.29 is 9.59 Å². The monoisotopic (exact) mass is 378 g/mol. The van der Waals surface area contributed by atoms with E-state index in [0.29, 0.717) is 18.4 Å². The molecule has 2 aliphatic carbocycles. The highest BCUT2D eigenvalue weighted by molar-refractivity contribution is 5.82. The van der Waals surface area contributed by atoms with Gasteiger partial charge in [-0.05, 0) is 45.7 Å². The molecule has 0 aromatic rings. The van der Waals surface area contributed by atoms with Crippen molar-refractivity contribution in [1.29, 1.82) is 0 Å². The fourth-order valence-electron chi connectivity index (χ4n) is 5.11. The van der Waals surface area contributed by atoms with Gasteiger partial charge in [-0.15, -0.1) is 0 Å². The third-order valence-corrected chi connectivity index (χ3v) is 6.70. The number of amides is 2. The van der Waals surface area contributed by atoms with Gasteiger partial charge in [-0.3, -0.25) is 14.5 Å². The molecule has 3 aliphatic rings. The summed E-state index contributed by atoms with van der Waals surface area (Å²) >= 11 is 0. The molecule has 1 saturated heterocycles. The van der Waals surface area contributed by atoms with Gasteiger partial charge in [0, 0.05) is 45.2 Å². The lowest BCUT2D eigenvalue weighted by Crippen LogP contribution is -2.58. The van der Waals surface area contributed by atoms with E-state index in [9.17, 15) is 9.59 Å². The molecule has 3 fully saturated rings. The Labute approximate surface area is 164 Å². The van der Waals surface area contributed by atoms with Gasteiger partial charge in [-0.25, -0.2) is 0 Å². The molecule has 0 radical (unpaired) electrons. The second-order valence-corrected chi connectivity index (χ2v) is 8.93. The van der Waals surface area contributed by atoms with E-state index in [2.05, 4.69) is 20.0 Å². The summed E-state index contributed by atoms with van der Waals surface area (Å²) in [6.45, 7) is 4.80. The number of hydrogen-bond donors (Lipinski definition) is 1. The molecule has 27 heavy (non-hydrogen) atoms. The average molecular weight is 379 g/mol. The highest BCUT2D eigenvalue weighted by atomic mass is 16.2. The average Bonchev–Trinajstić information content (AvgIpc) is 3.36. The topological polar surface area (TPSA) is 55.9 Å². The number of carbonyl (C=O) groups is 2. The van der Waals surface area contributed by atoms with Crippen LogP contribution in [0.2, 0.25) is 0 Å². The zero-order valence-electron chi connectivity index (χ0n) is 17.3. The van der Waals surface area contributed by atoms with Crippen LogP contribution in [0.1, 0.15) is 51.4 Å². The fourth-order valence-corrected chi connectivity index (χ4v) is 5.11. The van der Waals surface area contributed by atoms with E-state index in [0.717, 1.165) is 58.4 Å². The normalized spacial score (nSPS) is 23.9. The molecule has 1 aliphatic heterocycles. The van der Waals surface area contributed by atoms with Gasteiger partial charge in [-0.2, -0.15) is 0 Å². The number of nitrogens with one attached hydrogen (secondary N) is 1. The lowest BCUT2D eigenvalue weighted by molar-refractivity contribution is -0.138. The van der Waals surface area contributed by atoms with Crippen LogP contribution in [-0.2, 0) is 9.59 Å². The minimum Gasteiger partial charge on any atom is -0.353 e. The first-order chi connectivity index (χ1) is 13.1. The van der Waals surface area contributed by atoms with Crippen LogP contribution in [0.4, 0.5) is 0 Å². The second-order valence-electron chi connectivity index (χ2n) is 8.93. The van der Waals surface area contributed by atoms with E-state index in [1.54, 1.807) is 0 Å². The SMILES string of the molecule is CN(C)CCNC(=O)C(C1CCCC1)N1CCN(C(=O)C2CCCC2)CC1. The van der Waals surface area contributed by atoms with E-state index < -0.39 is 0 Å². The smallest absolute Gasteiger partial charge is 0.237 e. The maximum Gasteiger partial charge on any atom is 0.237 e. The molecule has 0 aromatic heterocycles. The lowest BCUT2D eigenvalue weighted by Gasteiger charge is -2.41. The number of rotatable bonds is 7. The summed E-state index contributed by atoms with van der Waals surface area (Å²) in [7, 11) is 4.06. The summed E-state index contributed by atoms with van der Waals surface area (Å²) in [5.41, 5.74) is 0. The third-order valence-electron chi connectivity index (χ3n) is 6.70. The summed E-state index contributed by atoms with van der Waals surface area (Å²) in [6, 6.07) is -0.0154. The molecule has 154 valence electrons. The van der Waals surface area contributed by atoms with Crippen molar-refractivity contribution >= 4 is 11.8 Å². The van der Waals surface area contributed by atoms with Gasteiger partial charge in [-0.1, -0.05) is 25.7 Å². The number of piperazine rings is 1. The maximum atomic E-state index is 13.0. The third kappa shape index (κ3) is 5.44. The molecule has 1 unspecified atom stereocenters. The van der Waals surface area contributed by atoms with E-state index in [1.165, 1.54) is 25.7 Å². The van der Waals surface area contributed by atoms with Crippen molar-refractivity contribution in [2.75, 3.05) is 53.4 Å². The van der Waals surface area contributed by atoms with Gasteiger partial charge < -0.3 is 15.1 Å². The van der Waals surface area contributed by atoms with Crippen molar-refractivity contribution in [3.63, 3.8) is 0 Å². The molecule has 1 atom stereocenters. The first kappa shape index (κ1) is 20.6. The number of nitrogens with zero attached hydrogens (tertiary/aromatic N) is 3. The number of hydrogen-bond acceptors (Lipinski definition) is 4. The highest BCUT2D eigenvalue weighted by Gasteiger charge is 2.38. The van der Waals surface area contributed by atoms with Gasteiger partial charge in [0.05, 0.1) is 6.04 Å². The summed E-state index contributed by atoms with van der Waals surface area (Å²) in [5, 5.41) is 3.16. The van der Waals surface area contributed by atoms with Crippen LogP contribution >= 0.6 is 0 Å². The van der Waals surface area contributed by atoms with Gasteiger partial charge in [0.25, 0.3) is 0 Å². The van der Waals surface area contributed by atoms with Crippen molar-refractivity contribution in [2.24, 2.45) is 11.8 Å². The predicted octanol–water partition coefficient (Wildman–Crippen LogP) is 1.56. The zero-order valence-corrected chi connectivity index (χ0v) is 17.3. The fraction of sp³-hybridized carbons (Fsp3) is 0.905. The van der Waals surface area contributed by atoms with Crippen LogP contribution in [0.3, 0.4) is 0 Å². The molecule has 0 aromatic carbocycles. The molecule has 6 nitrogen and oxygen atoms in total. The molecule has 2 saturated carbocycles. The molecule has 1 N–H and O–H groups in total. The first-order valence-corrected chi connectivity index (χ1v) is 11.0. The Morgan fingerprint density at radius 2 is 1.56 bits per heavy atom. The van der Waals surface area contributed by atoms with Gasteiger partial charge in [0.15, 0.2) is 0 Å². The zero-order chi connectivity index (χ0) is 19.2. The molecule has 1 heterocycles. The van der Waals surface area contributed by atoms with Crippen molar-refractivity contribution in [3.8, 4) is 0 Å². The quantitative estimate of drug-likeness (QED) is 0.730. The van der Waals surface area contributed by atoms with Crippen molar-refractivity contribution in [1.82, 2.24) is 20.0 Å². The Bertz CT molecular complexity index is 490. The van der Waals surface area contributed by atoms with Crippen LogP contribution in [-0.4, -0.2) is 85.9 Å². The first-order valence-electron chi connectivity index (χ1n) is 11.0. The summed E-state index contributed by atoms with van der Waals surface area (Å²) in [5.74, 6) is 1.29. The van der Waals surface area contributed by atoms with Crippen LogP contribution in [0.25, 0.3) is 0 Å². The van der Waals surface area contributed by atoms with Crippen molar-refractivity contribution in [2.45, 2.75) is 57.4 Å². The molecular formula is C21H38N4O2. The largest absolute Gasteiger partial charge is 0.353 e. The summed E-state index contributed by atoms with van der Waals surface area (Å²) < 4.78 is 0. The lowest BCUT2D eigenvalue weighted by atomic mass is 9.94. The predicted molar refractivity (Wildman–Crippen MR) is 107 cm³/mol. The summed E-state index contributed by atoms with van der Waals surface area (Å²) in [6.07, 6.45) is 9.34. The molecule has 0 spiro atoms. The van der Waals surface area contributed by atoms with E-state index in [-0.39, 0.29) is 17.9 Å². The Morgan fingerprint density at radius 1 is 0.963 bits per heavy atom. The molecular weight excluding hydrogens is 340 g/mol. The molecule has 0 bridgehead atoms. The van der Waals surface area contributed by atoms with Crippen molar-refractivity contribution in [3.05, 3.63) is 0 Å². The standard InChI is InChI=1S/C21H38N4O2/c1-23(2)12-11-22-20(26)19(17-7-3-4-8-17)24-13-15-25(16-14-24)21(27)18-9-5-6-10-18/h17-19H,3-16H2,1-2H3,(H,22,26). The maximum absolute atomic E-state index is 13.0. The Morgan fingerprint density at radius 3 is 2.15 bits per heavy atom. The Balaban J connectivity index is 1.55. The Kier molecular flexibility index (Phi) is 7.53. The van der Waals surface area contributed by atoms with E-state index in [4.69, 9.17) is 0 Å². The van der Waals surface area contributed by atoms with Crippen LogP contribution in [0.15, 0.2) is 0 Å². The van der Waals surface area contributed by atoms with Gasteiger partial charge in [0.2, 0.25) is 11.8 Å². The highest BCUT2D eigenvalue weighted by Crippen LogP contribution is 2.32. The minimum absolute atomic E-state index is 0.0154. The molecule has 2 amide bonds. The van der Waals surface area contributed by atoms with E-state index >= 15 is 0 Å². The number of likely N-dealkylation sites (N-methyl/N-ethyl adjacent to an activating group) is 1. The van der Waals surface area contributed by atoms with Crippen LogP contribution in [0.5, 0.6) is 0 Å². The Hall–Kier alpha value is -1.14. The van der Waals surface area contributed by atoms with Crippen LogP contribution in [0, 0.1) is 11.8 Å². The molecule has 6 heteroatoms. The number of carbonyl (C=O) groups excluding carboxylic acids is 2.